The molecule has 1 aromatic heterocycles. The summed E-state index contributed by atoms with van der Waals surface area (Å²) in [5.74, 6) is -0.240. The van der Waals surface area contributed by atoms with Crippen molar-refractivity contribution in [2.24, 2.45) is 0 Å². The minimum atomic E-state index is -3.84. The summed E-state index contributed by atoms with van der Waals surface area (Å²) in [5, 5.41) is 2.51. The van der Waals surface area contributed by atoms with Crippen molar-refractivity contribution in [3.8, 4) is 0 Å². The summed E-state index contributed by atoms with van der Waals surface area (Å²) >= 11 is 0. The van der Waals surface area contributed by atoms with E-state index >= 15 is 0 Å². The second-order valence-electron chi connectivity index (χ2n) is 5.87. The monoisotopic (exact) mass is 414 g/mol. The van der Waals surface area contributed by atoms with Gasteiger partial charge < -0.3 is 9.73 Å². The van der Waals surface area contributed by atoms with E-state index in [1.54, 1.807) is 19.1 Å². The van der Waals surface area contributed by atoms with Crippen molar-refractivity contribution >= 4 is 25.8 Å². The van der Waals surface area contributed by atoms with E-state index in [9.17, 15) is 21.6 Å². The molecule has 2 N–H and O–H groups in total. The van der Waals surface area contributed by atoms with E-state index in [0.29, 0.717) is 11.3 Å². The molecule has 1 heterocycles. The van der Waals surface area contributed by atoms with E-state index in [-0.39, 0.29) is 35.1 Å². The fraction of sp³-hybridized carbons (Fsp3) is 0.353. The number of nitrogens with one attached hydrogen (secondary N) is 2. The topological polar surface area (TPSA) is 123 Å². The molecule has 1 aromatic carbocycles. The molecule has 0 aliphatic rings. The van der Waals surface area contributed by atoms with Gasteiger partial charge in [0, 0.05) is 17.9 Å². The van der Waals surface area contributed by atoms with Crippen LogP contribution in [0.5, 0.6) is 0 Å². The Labute approximate surface area is 158 Å². The third-order valence-corrected chi connectivity index (χ3v) is 7.02. The molecule has 0 fully saturated rings. The predicted octanol–water partition coefficient (Wildman–Crippen LogP) is 1.23. The number of amides is 1. The maximum Gasteiger partial charge on any atom is 0.251 e. The highest BCUT2D eigenvalue weighted by Crippen LogP contribution is 2.16. The molecule has 10 heteroatoms. The third kappa shape index (κ3) is 5.91. The summed E-state index contributed by atoms with van der Waals surface area (Å²) in [7, 11) is -7.04. The van der Waals surface area contributed by atoms with Crippen LogP contribution in [0.1, 0.15) is 28.6 Å². The molecule has 0 aliphatic heterocycles. The molecule has 0 bridgehead atoms. The number of aryl methyl sites for hydroxylation is 1. The van der Waals surface area contributed by atoms with Crippen LogP contribution in [-0.4, -0.2) is 40.8 Å². The van der Waals surface area contributed by atoms with Crippen LogP contribution in [0.2, 0.25) is 0 Å². The van der Waals surface area contributed by atoms with Crippen molar-refractivity contribution in [1.82, 2.24) is 10.0 Å². The van der Waals surface area contributed by atoms with E-state index in [1.165, 1.54) is 31.4 Å². The van der Waals surface area contributed by atoms with E-state index in [2.05, 4.69) is 10.0 Å². The molecular formula is C17H22N2O6S2. The van der Waals surface area contributed by atoms with Gasteiger partial charge in [-0.3, -0.25) is 4.79 Å². The van der Waals surface area contributed by atoms with E-state index in [1.807, 2.05) is 0 Å². The molecule has 0 radical (unpaired) electrons. The maximum atomic E-state index is 12.4. The van der Waals surface area contributed by atoms with E-state index in [4.69, 9.17) is 4.42 Å². The van der Waals surface area contributed by atoms with Gasteiger partial charge in [-0.2, -0.15) is 0 Å². The lowest BCUT2D eigenvalue weighted by molar-refractivity contribution is 0.0955. The molecule has 0 unspecified atom stereocenters. The summed E-state index contributed by atoms with van der Waals surface area (Å²) in [6, 6.07) is 7.48. The van der Waals surface area contributed by atoms with Gasteiger partial charge in [0.2, 0.25) is 10.0 Å². The maximum absolute atomic E-state index is 12.4. The van der Waals surface area contributed by atoms with Crippen LogP contribution in [0.15, 0.2) is 45.9 Å². The van der Waals surface area contributed by atoms with Gasteiger partial charge in [0.15, 0.2) is 9.84 Å². The first-order valence-electron chi connectivity index (χ1n) is 8.26. The molecule has 0 spiro atoms. The SMILES string of the molecule is CCS(=O)(=O)CCNC(=O)c1cc(S(=O)(=O)NCc2ccco2)ccc1C. The quantitative estimate of drug-likeness (QED) is 0.636. The third-order valence-electron chi connectivity index (χ3n) is 3.92. The molecule has 1 amide bonds. The summed E-state index contributed by atoms with van der Waals surface area (Å²) in [6.45, 7) is 3.15. The number of carbonyl (C=O) groups is 1. The molecule has 2 aromatic rings. The smallest absolute Gasteiger partial charge is 0.251 e. The summed E-state index contributed by atoms with van der Waals surface area (Å²) in [4.78, 5) is 12.3. The molecule has 0 atom stereocenters. The van der Waals surface area contributed by atoms with Crippen LogP contribution in [-0.2, 0) is 26.4 Å². The van der Waals surface area contributed by atoms with Crippen molar-refractivity contribution in [2.75, 3.05) is 18.1 Å². The Bertz CT molecular complexity index is 996. The molecule has 27 heavy (non-hydrogen) atoms. The van der Waals surface area contributed by atoms with E-state index < -0.39 is 25.8 Å². The molecular weight excluding hydrogens is 392 g/mol. The number of carbonyl (C=O) groups excluding carboxylic acids is 1. The number of benzene rings is 1. The van der Waals surface area contributed by atoms with Gasteiger partial charge in [0.1, 0.15) is 5.76 Å². The van der Waals surface area contributed by atoms with Gasteiger partial charge in [-0.15, -0.1) is 0 Å². The Morgan fingerprint density at radius 1 is 1.15 bits per heavy atom. The van der Waals surface area contributed by atoms with Crippen LogP contribution in [0, 0.1) is 6.92 Å². The Balaban J connectivity index is 2.11. The normalized spacial score (nSPS) is 12.1. The standard InChI is InChI=1S/C17H22N2O6S2/c1-3-26(21,22)10-8-18-17(20)16-11-15(7-6-13(16)2)27(23,24)19-12-14-5-4-9-25-14/h4-7,9,11,19H,3,8,10,12H2,1-2H3,(H,18,20). The van der Waals surface area contributed by atoms with Crippen molar-refractivity contribution in [1.29, 1.82) is 0 Å². The van der Waals surface area contributed by atoms with Crippen molar-refractivity contribution in [3.63, 3.8) is 0 Å². The number of sulfonamides is 1. The van der Waals surface area contributed by atoms with Crippen LogP contribution >= 0.6 is 0 Å². The fourth-order valence-electron chi connectivity index (χ4n) is 2.24. The molecule has 0 saturated heterocycles. The summed E-state index contributed by atoms with van der Waals surface area (Å²) < 4.78 is 55.3. The number of furan rings is 1. The average molecular weight is 415 g/mol. The number of hydrogen-bond donors (Lipinski definition) is 2. The van der Waals surface area contributed by atoms with Gasteiger partial charge in [0.05, 0.1) is 23.5 Å². The number of sulfone groups is 1. The highest BCUT2D eigenvalue weighted by atomic mass is 32.2. The Morgan fingerprint density at radius 3 is 2.52 bits per heavy atom. The van der Waals surface area contributed by atoms with Crippen molar-refractivity contribution < 1.29 is 26.0 Å². The first-order chi connectivity index (χ1) is 12.6. The average Bonchev–Trinajstić information content (AvgIpc) is 3.13. The minimum Gasteiger partial charge on any atom is -0.468 e. The first-order valence-corrected chi connectivity index (χ1v) is 11.6. The van der Waals surface area contributed by atoms with Gasteiger partial charge in [-0.25, -0.2) is 21.6 Å². The van der Waals surface area contributed by atoms with Gasteiger partial charge in [-0.05, 0) is 36.8 Å². The van der Waals surface area contributed by atoms with Crippen LogP contribution in [0.3, 0.4) is 0 Å². The summed E-state index contributed by atoms with van der Waals surface area (Å²) in [6.07, 6.45) is 1.44. The van der Waals surface area contributed by atoms with Gasteiger partial charge in [-0.1, -0.05) is 13.0 Å². The zero-order valence-electron chi connectivity index (χ0n) is 15.1. The van der Waals surface area contributed by atoms with Crippen molar-refractivity contribution in [3.05, 3.63) is 53.5 Å². The van der Waals surface area contributed by atoms with Crippen LogP contribution in [0.4, 0.5) is 0 Å². The van der Waals surface area contributed by atoms with Crippen LogP contribution in [0.25, 0.3) is 0 Å². The molecule has 0 aliphatic carbocycles. The lowest BCUT2D eigenvalue weighted by Crippen LogP contribution is -2.30. The molecule has 8 nitrogen and oxygen atoms in total. The second kappa shape index (κ2) is 8.68. The number of hydrogen-bond acceptors (Lipinski definition) is 6. The Morgan fingerprint density at radius 2 is 1.89 bits per heavy atom. The molecule has 148 valence electrons. The minimum absolute atomic E-state index is 0.00301. The Kier molecular flexibility index (Phi) is 6.79. The molecule has 0 saturated carbocycles. The Hall–Kier alpha value is -2.17. The zero-order chi connectivity index (χ0) is 20.1. The first kappa shape index (κ1) is 21.1. The van der Waals surface area contributed by atoms with Crippen molar-refractivity contribution in [2.45, 2.75) is 25.3 Å². The lowest BCUT2D eigenvalue weighted by atomic mass is 10.1. The lowest BCUT2D eigenvalue weighted by Gasteiger charge is -2.11. The van der Waals surface area contributed by atoms with Gasteiger partial charge >= 0.3 is 0 Å². The predicted molar refractivity (Wildman–Crippen MR) is 101 cm³/mol. The second-order valence-corrected chi connectivity index (χ2v) is 10.1. The van der Waals surface area contributed by atoms with Gasteiger partial charge in [0.25, 0.3) is 5.91 Å². The van der Waals surface area contributed by atoms with E-state index in [0.717, 1.165) is 0 Å². The highest BCUT2D eigenvalue weighted by molar-refractivity contribution is 7.91. The van der Waals surface area contributed by atoms with Crippen LogP contribution < -0.4 is 10.0 Å². The largest absolute Gasteiger partial charge is 0.468 e. The highest BCUT2D eigenvalue weighted by Gasteiger charge is 2.18. The summed E-state index contributed by atoms with van der Waals surface area (Å²) in [5.41, 5.74) is 0.751. The number of rotatable bonds is 9. The zero-order valence-corrected chi connectivity index (χ0v) is 16.7. The molecule has 2 rings (SSSR count). The fourth-order valence-corrected chi connectivity index (χ4v) is 3.96.